The van der Waals surface area contributed by atoms with Crippen LogP contribution in [-0.2, 0) is 4.79 Å². The van der Waals surface area contributed by atoms with Crippen molar-refractivity contribution in [3.05, 3.63) is 33.4 Å². The summed E-state index contributed by atoms with van der Waals surface area (Å²) in [7, 11) is 0. The van der Waals surface area contributed by atoms with Crippen molar-refractivity contribution in [2.24, 2.45) is 5.92 Å². The first-order valence-corrected chi connectivity index (χ1v) is 9.07. The van der Waals surface area contributed by atoms with E-state index in [-0.39, 0.29) is 11.8 Å². The number of carbonyl (C=O) groups excluding carboxylic acids is 2. The van der Waals surface area contributed by atoms with Gasteiger partial charge in [0, 0.05) is 35.7 Å². The van der Waals surface area contributed by atoms with Gasteiger partial charge in [0.05, 0.1) is 5.56 Å². The molecule has 2 saturated heterocycles. The summed E-state index contributed by atoms with van der Waals surface area (Å²) in [6, 6.07) is 7.68. The number of amides is 2. The van der Waals surface area contributed by atoms with Crippen LogP contribution in [0.25, 0.3) is 0 Å². The predicted octanol–water partition coefficient (Wildman–Crippen LogP) is 2.77. The molecule has 0 spiro atoms. The van der Waals surface area contributed by atoms with Crippen molar-refractivity contribution in [3.8, 4) is 0 Å². The number of piperidine rings is 1. The molecule has 22 heavy (non-hydrogen) atoms. The van der Waals surface area contributed by atoms with Crippen LogP contribution in [0.1, 0.15) is 36.0 Å². The van der Waals surface area contributed by atoms with Crippen molar-refractivity contribution in [1.29, 1.82) is 0 Å². The molecule has 0 saturated carbocycles. The van der Waals surface area contributed by atoms with Crippen LogP contribution in [0.3, 0.4) is 0 Å². The quantitative estimate of drug-likeness (QED) is 0.702. The lowest BCUT2D eigenvalue weighted by molar-refractivity contribution is -0.135. The fourth-order valence-electron chi connectivity index (χ4n) is 3.33. The number of halogens is 1. The Bertz CT molecular complexity index is 562. The number of hydrogen-bond donors (Lipinski definition) is 0. The van der Waals surface area contributed by atoms with Crippen LogP contribution in [0, 0.1) is 9.49 Å². The molecular weight excluding hydrogens is 391 g/mol. The average Bonchev–Trinajstić information content (AvgIpc) is 3.09. The summed E-state index contributed by atoms with van der Waals surface area (Å²) in [4.78, 5) is 28.9. The van der Waals surface area contributed by atoms with Gasteiger partial charge in [-0.2, -0.15) is 0 Å². The summed E-state index contributed by atoms with van der Waals surface area (Å²) >= 11 is 2.20. The first-order chi connectivity index (χ1) is 10.7. The zero-order valence-corrected chi connectivity index (χ0v) is 14.8. The third-order valence-corrected chi connectivity index (χ3v) is 5.59. The second kappa shape index (κ2) is 6.98. The Morgan fingerprint density at radius 2 is 1.59 bits per heavy atom. The number of carbonyl (C=O) groups is 2. The molecular formula is C17H21IN2O2. The van der Waals surface area contributed by atoms with Gasteiger partial charge in [-0.25, -0.2) is 0 Å². The van der Waals surface area contributed by atoms with E-state index in [1.807, 2.05) is 34.1 Å². The molecule has 0 N–H and O–H groups in total. The molecule has 2 fully saturated rings. The molecule has 2 aliphatic rings. The fraction of sp³-hybridized carbons (Fsp3) is 0.529. The van der Waals surface area contributed by atoms with Crippen molar-refractivity contribution in [1.82, 2.24) is 9.80 Å². The van der Waals surface area contributed by atoms with Gasteiger partial charge in [0.15, 0.2) is 0 Å². The van der Waals surface area contributed by atoms with Gasteiger partial charge in [-0.3, -0.25) is 9.59 Å². The molecule has 118 valence electrons. The standard InChI is InChI=1S/C17H21IN2O2/c18-15-6-2-1-5-14(15)17(22)20-11-7-13(8-12-20)16(21)19-9-3-4-10-19/h1-2,5-6,13H,3-4,7-12H2. The van der Waals surface area contributed by atoms with Gasteiger partial charge in [-0.05, 0) is 60.4 Å². The molecule has 0 radical (unpaired) electrons. The highest BCUT2D eigenvalue weighted by Gasteiger charge is 2.31. The zero-order chi connectivity index (χ0) is 15.5. The Labute approximate surface area is 145 Å². The van der Waals surface area contributed by atoms with Crippen molar-refractivity contribution in [2.45, 2.75) is 25.7 Å². The number of nitrogens with zero attached hydrogens (tertiary/aromatic N) is 2. The third kappa shape index (κ3) is 3.29. The van der Waals surface area contributed by atoms with Gasteiger partial charge in [0.2, 0.25) is 5.91 Å². The summed E-state index contributed by atoms with van der Waals surface area (Å²) < 4.78 is 0.986. The molecule has 0 unspecified atom stereocenters. The van der Waals surface area contributed by atoms with E-state index in [0.717, 1.165) is 47.9 Å². The maximum Gasteiger partial charge on any atom is 0.254 e. The van der Waals surface area contributed by atoms with E-state index in [1.54, 1.807) is 0 Å². The van der Waals surface area contributed by atoms with Crippen molar-refractivity contribution < 1.29 is 9.59 Å². The van der Waals surface area contributed by atoms with E-state index in [2.05, 4.69) is 22.6 Å². The average molecular weight is 412 g/mol. The molecule has 2 amide bonds. The number of benzene rings is 1. The van der Waals surface area contributed by atoms with E-state index in [9.17, 15) is 9.59 Å². The lowest BCUT2D eigenvalue weighted by Crippen LogP contribution is -2.43. The molecule has 3 rings (SSSR count). The van der Waals surface area contributed by atoms with Crippen molar-refractivity contribution in [2.75, 3.05) is 26.2 Å². The smallest absolute Gasteiger partial charge is 0.254 e. The van der Waals surface area contributed by atoms with Gasteiger partial charge >= 0.3 is 0 Å². The summed E-state index contributed by atoms with van der Waals surface area (Å²) in [5.74, 6) is 0.507. The van der Waals surface area contributed by atoms with Gasteiger partial charge < -0.3 is 9.80 Å². The van der Waals surface area contributed by atoms with Crippen LogP contribution in [0.4, 0.5) is 0 Å². The molecule has 0 atom stereocenters. The number of rotatable bonds is 2. The molecule has 1 aromatic carbocycles. The molecule has 2 aliphatic heterocycles. The second-order valence-electron chi connectivity index (χ2n) is 6.08. The molecule has 4 nitrogen and oxygen atoms in total. The van der Waals surface area contributed by atoms with Crippen molar-refractivity contribution in [3.63, 3.8) is 0 Å². The van der Waals surface area contributed by atoms with Crippen LogP contribution < -0.4 is 0 Å². The largest absolute Gasteiger partial charge is 0.342 e. The van der Waals surface area contributed by atoms with Gasteiger partial charge in [0.25, 0.3) is 5.91 Å². The Morgan fingerprint density at radius 1 is 0.955 bits per heavy atom. The van der Waals surface area contributed by atoms with Crippen LogP contribution in [-0.4, -0.2) is 47.8 Å². The lowest BCUT2D eigenvalue weighted by atomic mass is 9.95. The zero-order valence-electron chi connectivity index (χ0n) is 12.6. The fourth-order valence-corrected chi connectivity index (χ4v) is 3.95. The minimum atomic E-state index is 0.0945. The molecule has 0 aliphatic carbocycles. The minimum absolute atomic E-state index is 0.0945. The summed E-state index contributed by atoms with van der Waals surface area (Å²) in [6.07, 6.45) is 3.86. The third-order valence-electron chi connectivity index (χ3n) is 4.65. The SMILES string of the molecule is O=C(c1ccccc1I)N1CCC(C(=O)N2CCCC2)CC1. The summed E-state index contributed by atoms with van der Waals surface area (Å²) in [6.45, 7) is 3.21. The van der Waals surface area contributed by atoms with Gasteiger partial charge in [0.1, 0.15) is 0 Å². The Morgan fingerprint density at radius 3 is 2.23 bits per heavy atom. The van der Waals surface area contributed by atoms with E-state index >= 15 is 0 Å². The highest BCUT2D eigenvalue weighted by molar-refractivity contribution is 14.1. The molecule has 0 bridgehead atoms. The van der Waals surface area contributed by atoms with E-state index in [4.69, 9.17) is 0 Å². The number of likely N-dealkylation sites (tertiary alicyclic amines) is 2. The first-order valence-electron chi connectivity index (χ1n) is 7.99. The highest BCUT2D eigenvalue weighted by Crippen LogP contribution is 2.24. The van der Waals surface area contributed by atoms with Crippen LogP contribution in [0.5, 0.6) is 0 Å². The highest BCUT2D eigenvalue weighted by atomic mass is 127. The predicted molar refractivity (Wildman–Crippen MR) is 93.6 cm³/mol. The first kappa shape index (κ1) is 15.8. The van der Waals surface area contributed by atoms with Crippen molar-refractivity contribution >= 4 is 34.4 Å². The second-order valence-corrected chi connectivity index (χ2v) is 7.24. The summed E-state index contributed by atoms with van der Waals surface area (Å²) in [5.41, 5.74) is 0.771. The van der Waals surface area contributed by atoms with Crippen LogP contribution in [0.15, 0.2) is 24.3 Å². The Kier molecular flexibility index (Phi) is 5.00. The Balaban J connectivity index is 1.58. The molecule has 1 aromatic rings. The van der Waals surface area contributed by atoms with Gasteiger partial charge in [-0.1, -0.05) is 12.1 Å². The van der Waals surface area contributed by atoms with Crippen LogP contribution in [0.2, 0.25) is 0 Å². The maximum atomic E-state index is 12.6. The number of hydrogen-bond acceptors (Lipinski definition) is 2. The Hall–Kier alpha value is -1.11. The van der Waals surface area contributed by atoms with E-state index in [0.29, 0.717) is 19.0 Å². The molecule has 5 heteroatoms. The lowest BCUT2D eigenvalue weighted by Gasteiger charge is -2.33. The van der Waals surface area contributed by atoms with E-state index in [1.165, 1.54) is 0 Å². The molecule has 2 heterocycles. The van der Waals surface area contributed by atoms with Gasteiger partial charge in [-0.15, -0.1) is 0 Å². The molecule has 0 aromatic heterocycles. The maximum absolute atomic E-state index is 12.6. The van der Waals surface area contributed by atoms with E-state index < -0.39 is 0 Å². The van der Waals surface area contributed by atoms with Crippen LogP contribution >= 0.6 is 22.6 Å². The monoisotopic (exact) mass is 412 g/mol. The summed E-state index contributed by atoms with van der Waals surface area (Å²) in [5, 5.41) is 0. The minimum Gasteiger partial charge on any atom is -0.342 e. The normalized spacial score (nSPS) is 19.5. The topological polar surface area (TPSA) is 40.6 Å².